The van der Waals surface area contributed by atoms with Gasteiger partial charge < -0.3 is 5.11 Å². The van der Waals surface area contributed by atoms with Crippen molar-refractivity contribution < 1.29 is 18.1 Å². The lowest BCUT2D eigenvalue weighted by Crippen LogP contribution is -2.11. The van der Waals surface area contributed by atoms with E-state index in [4.69, 9.17) is 4.55 Å². The number of rotatable bonds is 19. The summed E-state index contributed by atoms with van der Waals surface area (Å²) < 4.78 is 30.2. The summed E-state index contributed by atoms with van der Waals surface area (Å²) in [6.45, 7) is 2.18. The maximum Gasteiger partial charge on any atom is 0.264 e. The fourth-order valence-electron chi connectivity index (χ4n) is 3.13. The maximum absolute atomic E-state index is 10.7. The second-order valence-corrected chi connectivity index (χ2v) is 8.86. The van der Waals surface area contributed by atoms with Gasteiger partial charge in [0.2, 0.25) is 0 Å². The molecule has 0 rings (SSSR count). The van der Waals surface area contributed by atoms with E-state index in [9.17, 15) is 13.5 Å². The molecule has 2 N–H and O–H groups in total. The molecule has 0 fully saturated rings. The minimum Gasteiger partial charge on any atom is -0.396 e. The second-order valence-electron chi connectivity index (χ2n) is 7.29. The molecule has 0 atom stereocenters. The van der Waals surface area contributed by atoms with Crippen molar-refractivity contribution in [1.29, 1.82) is 0 Å². The smallest absolute Gasteiger partial charge is 0.264 e. The summed E-state index contributed by atoms with van der Waals surface area (Å²) in [7, 11) is -3.92. The molecule has 0 aromatic heterocycles. The summed E-state index contributed by atoms with van der Waals surface area (Å²) in [5.41, 5.74) is 0. The molecule has 0 aliphatic rings. The Morgan fingerprint density at radius 2 is 1.08 bits per heavy atom. The quantitative estimate of drug-likeness (QED) is 0.223. The Labute approximate surface area is 156 Å². The van der Waals surface area contributed by atoms with Crippen LogP contribution in [0.3, 0.4) is 0 Å². The molecule has 5 heteroatoms. The lowest BCUT2D eigenvalue weighted by Gasteiger charge is -2.12. The van der Waals surface area contributed by atoms with Crippen LogP contribution in [-0.4, -0.2) is 30.4 Å². The number of unbranched alkanes of at least 4 members (excludes halogenated alkanes) is 13. The third-order valence-electron chi connectivity index (χ3n) is 4.82. The van der Waals surface area contributed by atoms with Gasteiger partial charge in [-0.05, 0) is 12.8 Å². The Morgan fingerprint density at radius 1 is 0.680 bits per heavy atom. The van der Waals surface area contributed by atoms with Crippen LogP contribution in [0.1, 0.15) is 110 Å². The topological polar surface area (TPSA) is 74.6 Å². The Hall–Kier alpha value is -0.130. The molecule has 4 nitrogen and oxygen atoms in total. The van der Waals surface area contributed by atoms with Gasteiger partial charge in [0, 0.05) is 12.5 Å². The van der Waals surface area contributed by atoms with Gasteiger partial charge in [-0.15, -0.1) is 0 Å². The van der Waals surface area contributed by atoms with Crippen molar-refractivity contribution in [3.8, 4) is 0 Å². The van der Waals surface area contributed by atoms with Crippen molar-refractivity contribution in [3.05, 3.63) is 5.92 Å². The molecule has 0 aromatic rings. The number of aliphatic hydroxyl groups excluding tert-OH is 1. The molecule has 0 saturated carbocycles. The highest BCUT2D eigenvalue weighted by atomic mass is 32.2. The van der Waals surface area contributed by atoms with Crippen molar-refractivity contribution in [2.24, 2.45) is 0 Å². The SMILES string of the molecule is CCCCCCCCCCCCCCCC[C](CO)CCS(=O)(=O)O. The van der Waals surface area contributed by atoms with Crippen molar-refractivity contribution in [1.82, 2.24) is 0 Å². The highest BCUT2D eigenvalue weighted by Crippen LogP contribution is 2.18. The van der Waals surface area contributed by atoms with E-state index in [2.05, 4.69) is 6.92 Å². The van der Waals surface area contributed by atoms with Crippen LogP contribution in [0.4, 0.5) is 0 Å². The van der Waals surface area contributed by atoms with Crippen LogP contribution in [0.15, 0.2) is 0 Å². The van der Waals surface area contributed by atoms with Crippen molar-refractivity contribution in [2.75, 3.05) is 12.4 Å². The molecule has 0 aliphatic heterocycles. The average Bonchev–Trinajstić information content (AvgIpc) is 2.57. The Kier molecular flexibility index (Phi) is 17.2. The first-order valence-corrected chi connectivity index (χ1v) is 12.0. The fourth-order valence-corrected chi connectivity index (χ4v) is 3.67. The zero-order valence-electron chi connectivity index (χ0n) is 16.3. The Morgan fingerprint density at radius 3 is 1.44 bits per heavy atom. The predicted molar refractivity (Wildman–Crippen MR) is 106 cm³/mol. The zero-order valence-corrected chi connectivity index (χ0v) is 17.2. The molecular weight excluding hydrogens is 336 g/mol. The van der Waals surface area contributed by atoms with Crippen LogP contribution < -0.4 is 0 Å². The van der Waals surface area contributed by atoms with Crippen LogP contribution in [0, 0.1) is 5.92 Å². The van der Waals surface area contributed by atoms with E-state index in [-0.39, 0.29) is 18.8 Å². The van der Waals surface area contributed by atoms with Gasteiger partial charge in [0.25, 0.3) is 10.1 Å². The molecule has 0 saturated heterocycles. The van der Waals surface area contributed by atoms with Crippen LogP contribution in [-0.2, 0) is 10.1 Å². The molecule has 1 radical (unpaired) electrons. The summed E-state index contributed by atoms with van der Waals surface area (Å²) in [5.74, 6) is 0.554. The monoisotopic (exact) mass is 377 g/mol. The minimum absolute atomic E-state index is 0.0754. The van der Waals surface area contributed by atoms with E-state index in [1.165, 1.54) is 77.0 Å². The van der Waals surface area contributed by atoms with E-state index in [1.54, 1.807) is 0 Å². The summed E-state index contributed by atoms with van der Waals surface area (Å²) in [6.07, 6.45) is 19.4. The van der Waals surface area contributed by atoms with Gasteiger partial charge in [0.15, 0.2) is 0 Å². The first-order chi connectivity index (χ1) is 12.0. The second kappa shape index (κ2) is 17.3. The highest BCUT2D eigenvalue weighted by Gasteiger charge is 2.12. The fraction of sp³-hybridized carbons (Fsp3) is 0.950. The molecule has 25 heavy (non-hydrogen) atoms. The third-order valence-corrected chi connectivity index (χ3v) is 5.54. The molecule has 0 heterocycles. The molecule has 0 aliphatic carbocycles. The van der Waals surface area contributed by atoms with Gasteiger partial charge in [0.1, 0.15) is 0 Å². The molecule has 151 valence electrons. The van der Waals surface area contributed by atoms with Crippen molar-refractivity contribution in [2.45, 2.75) is 110 Å². The highest BCUT2D eigenvalue weighted by molar-refractivity contribution is 7.85. The minimum atomic E-state index is -3.92. The Balaban J connectivity index is 3.29. The maximum atomic E-state index is 10.7. The summed E-state index contributed by atoms with van der Waals surface area (Å²) in [6, 6.07) is 0. The van der Waals surface area contributed by atoms with Gasteiger partial charge in [0.05, 0.1) is 5.75 Å². The van der Waals surface area contributed by atoms with E-state index < -0.39 is 10.1 Å². The molecule has 0 unspecified atom stereocenters. The zero-order chi connectivity index (χ0) is 18.8. The van der Waals surface area contributed by atoms with Crippen molar-refractivity contribution in [3.63, 3.8) is 0 Å². The molecule has 0 bridgehead atoms. The molecule has 0 amide bonds. The lowest BCUT2D eigenvalue weighted by molar-refractivity contribution is 0.294. The number of hydrogen-bond acceptors (Lipinski definition) is 3. The summed E-state index contributed by atoms with van der Waals surface area (Å²) in [4.78, 5) is 0. The van der Waals surface area contributed by atoms with Gasteiger partial charge >= 0.3 is 0 Å². The predicted octanol–water partition coefficient (Wildman–Crippen LogP) is 5.70. The van der Waals surface area contributed by atoms with Crippen LogP contribution in [0.25, 0.3) is 0 Å². The average molecular weight is 378 g/mol. The summed E-state index contributed by atoms with van der Waals surface area (Å²) >= 11 is 0. The molecule has 0 spiro atoms. The van der Waals surface area contributed by atoms with Gasteiger partial charge in [-0.25, -0.2) is 0 Å². The Bertz CT molecular complexity index is 368. The van der Waals surface area contributed by atoms with Gasteiger partial charge in [-0.2, -0.15) is 8.42 Å². The van der Waals surface area contributed by atoms with Gasteiger partial charge in [-0.3, -0.25) is 4.55 Å². The van der Waals surface area contributed by atoms with Crippen molar-refractivity contribution >= 4 is 10.1 Å². The molecular formula is C20H41O4S. The van der Waals surface area contributed by atoms with E-state index in [0.717, 1.165) is 25.2 Å². The largest absolute Gasteiger partial charge is 0.396 e. The summed E-state index contributed by atoms with van der Waals surface area (Å²) in [5, 5.41) is 9.21. The first kappa shape index (κ1) is 24.9. The number of aliphatic hydroxyl groups is 1. The van der Waals surface area contributed by atoms with Gasteiger partial charge in [-0.1, -0.05) is 96.8 Å². The molecule has 0 aromatic carbocycles. The van der Waals surface area contributed by atoms with Crippen LogP contribution >= 0.6 is 0 Å². The number of hydrogen-bond donors (Lipinski definition) is 2. The van der Waals surface area contributed by atoms with E-state index in [0.29, 0.717) is 0 Å². The van der Waals surface area contributed by atoms with E-state index in [1.807, 2.05) is 0 Å². The van der Waals surface area contributed by atoms with E-state index >= 15 is 0 Å². The first-order valence-electron chi connectivity index (χ1n) is 10.4. The van der Waals surface area contributed by atoms with Crippen LogP contribution in [0.2, 0.25) is 0 Å². The third kappa shape index (κ3) is 20.0. The normalized spacial score (nSPS) is 12.2. The lowest BCUT2D eigenvalue weighted by atomic mass is 9.98. The standard InChI is InChI=1S/C20H41O4S/c1-2-3-4-5-6-7-8-9-10-11-12-13-14-15-16-20(19-21)17-18-25(22,23)24/h21H,2-19H2,1H3,(H,22,23,24). The van der Waals surface area contributed by atoms with Crippen LogP contribution in [0.5, 0.6) is 0 Å².